The van der Waals surface area contributed by atoms with Gasteiger partial charge in [0.15, 0.2) is 0 Å². The summed E-state index contributed by atoms with van der Waals surface area (Å²) in [4.78, 5) is 13.3. The number of allylic oxidation sites excluding steroid dienone is 6. The molecule has 2 heterocycles. The van der Waals surface area contributed by atoms with Crippen molar-refractivity contribution in [1.29, 1.82) is 0 Å². The third kappa shape index (κ3) is 1.19. The van der Waals surface area contributed by atoms with Gasteiger partial charge in [-0.1, -0.05) is 24.3 Å². The highest BCUT2D eigenvalue weighted by Gasteiger charge is 2.44. The van der Waals surface area contributed by atoms with Crippen LogP contribution in [-0.2, 0) is 4.79 Å². The van der Waals surface area contributed by atoms with Crippen LogP contribution in [0.15, 0.2) is 72.2 Å². The van der Waals surface area contributed by atoms with E-state index in [1.54, 1.807) is 12.2 Å². The molecular weight excluding hydrogens is 214 g/mol. The molecule has 3 aliphatic rings. The second kappa shape index (κ2) is 3.35. The molecule has 0 saturated heterocycles. The maximum absolute atomic E-state index is 11.4. The number of nitrogens with zero attached hydrogens (tertiary/aromatic N) is 1. The first-order chi connectivity index (χ1) is 8.25. The maximum atomic E-state index is 11.4. The van der Waals surface area contributed by atoms with Gasteiger partial charge in [-0.3, -0.25) is 0 Å². The molecule has 1 N–H and O–H groups in total. The Hall–Kier alpha value is -2.29. The Balaban J connectivity index is 2.25. The van der Waals surface area contributed by atoms with E-state index < -0.39 is 11.5 Å². The Kier molecular flexibility index (Phi) is 1.95. The van der Waals surface area contributed by atoms with Gasteiger partial charge in [-0.2, -0.15) is 0 Å². The molecule has 1 atom stereocenters. The average molecular weight is 225 g/mol. The number of carboxylic acids is 1. The zero-order valence-electron chi connectivity index (χ0n) is 9.08. The first-order valence-electron chi connectivity index (χ1n) is 5.41. The molecular formula is C14H11NO2. The van der Waals surface area contributed by atoms with E-state index in [1.165, 1.54) is 0 Å². The topological polar surface area (TPSA) is 40.5 Å². The number of aliphatic carboxylic acids is 1. The fourth-order valence-electron chi connectivity index (χ4n) is 2.50. The Labute approximate surface area is 99.0 Å². The van der Waals surface area contributed by atoms with Crippen molar-refractivity contribution in [2.24, 2.45) is 0 Å². The highest BCUT2D eigenvalue weighted by atomic mass is 16.4. The molecule has 3 nitrogen and oxygen atoms in total. The summed E-state index contributed by atoms with van der Waals surface area (Å²) in [7, 11) is 0. The summed E-state index contributed by atoms with van der Waals surface area (Å²) in [6.45, 7) is 0. The number of rotatable bonds is 1. The molecule has 1 aliphatic carbocycles. The molecule has 0 bridgehead atoms. The molecule has 0 saturated carbocycles. The van der Waals surface area contributed by atoms with Crippen molar-refractivity contribution in [3.63, 3.8) is 0 Å². The van der Waals surface area contributed by atoms with Crippen LogP contribution in [0.25, 0.3) is 0 Å². The first-order valence-corrected chi connectivity index (χ1v) is 5.41. The van der Waals surface area contributed by atoms with Gasteiger partial charge in [0.25, 0.3) is 0 Å². The Morgan fingerprint density at radius 2 is 1.88 bits per heavy atom. The van der Waals surface area contributed by atoms with Crippen LogP contribution >= 0.6 is 0 Å². The van der Waals surface area contributed by atoms with Crippen molar-refractivity contribution < 1.29 is 9.90 Å². The molecule has 2 aliphatic heterocycles. The van der Waals surface area contributed by atoms with E-state index in [9.17, 15) is 9.90 Å². The van der Waals surface area contributed by atoms with Crippen molar-refractivity contribution >= 4 is 5.97 Å². The fourth-order valence-corrected chi connectivity index (χ4v) is 2.50. The lowest BCUT2D eigenvalue weighted by atomic mass is 9.75. The summed E-state index contributed by atoms with van der Waals surface area (Å²) in [5.41, 5.74) is 0.668. The predicted molar refractivity (Wildman–Crippen MR) is 64.9 cm³/mol. The van der Waals surface area contributed by atoms with Crippen LogP contribution in [0.3, 0.4) is 0 Å². The van der Waals surface area contributed by atoms with Crippen molar-refractivity contribution in [2.45, 2.75) is 5.54 Å². The summed E-state index contributed by atoms with van der Waals surface area (Å²) in [6, 6.07) is 0. The smallest absolute Gasteiger partial charge is 0.334 e. The second-order valence-corrected chi connectivity index (χ2v) is 4.08. The summed E-state index contributed by atoms with van der Waals surface area (Å²) in [5, 5.41) is 9.37. The fraction of sp³-hybridized carbons (Fsp3) is 0.0714. The van der Waals surface area contributed by atoms with E-state index in [4.69, 9.17) is 0 Å². The second-order valence-electron chi connectivity index (χ2n) is 4.08. The normalized spacial score (nSPS) is 28.4. The van der Waals surface area contributed by atoms with Gasteiger partial charge in [-0.25, -0.2) is 4.79 Å². The minimum absolute atomic E-state index is 0.371. The summed E-state index contributed by atoms with van der Waals surface area (Å²) >= 11 is 0. The average Bonchev–Trinajstić information content (AvgIpc) is 2.35. The highest BCUT2D eigenvalue weighted by Crippen LogP contribution is 2.41. The first kappa shape index (κ1) is 9.90. The molecule has 0 aromatic carbocycles. The Bertz CT molecular complexity index is 561. The van der Waals surface area contributed by atoms with E-state index in [2.05, 4.69) is 0 Å². The quantitative estimate of drug-likeness (QED) is 0.743. The molecule has 3 rings (SSSR count). The minimum Gasteiger partial charge on any atom is -0.478 e. The Morgan fingerprint density at radius 3 is 2.65 bits per heavy atom. The lowest BCUT2D eigenvalue weighted by molar-refractivity contribution is -0.133. The van der Waals surface area contributed by atoms with Crippen LogP contribution in [0.2, 0.25) is 0 Å². The van der Waals surface area contributed by atoms with Crippen molar-refractivity contribution in [2.75, 3.05) is 0 Å². The minimum atomic E-state index is -0.888. The number of carbonyl (C=O) groups is 1. The molecule has 0 aromatic heterocycles. The molecule has 1 spiro atoms. The lowest BCUT2D eigenvalue weighted by Gasteiger charge is -2.45. The van der Waals surface area contributed by atoms with E-state index in [0.29, 0.717) is 5.57 Å². The van der Waals surface area contributed by atoms with Gasteiger partial charge in [-0.05, 0) is 29.9 Å². The van der Waals surface area contributed by atoms with Gasteiger partial charge in [0.1, 0.15) is 5.54 Å². The molecule has 0 aromatic rings. The molecule has 0 radical (unpaired) electrons. The number of hydrogen-bond donors (Lipinski definition) is 1. The van der Waals surface area contributed by atoms with Gasteiger partial charge in [0.2, 0.25) is 0 Å². The maximum Gasteiger partial charge on any atom is 0.334 e. The molecule has 0 amide bonds. The van der Waals surface area contributed by atoms with Crippen LogP contribution in [-0.4, -0.2) is 21.5 Å². The van der Waals surface area contributed by atoms with E-state index >= 15 is 0 Å². The van der Waals surface area contributed by atoms with E-state index in [1.807, 2.05) is 53.8 Å². The van der Waals surface area contributed by atoms with Crippen LogP contribution in [0, 0.1) is 0 Å². The third-order valence-electron chi connectivity index (χ3n) is 3.24. The predicted octanol–water partition coefficient (Wildman–Crippen LogP) is 2.15. The van der Waals surface area contributed by atoms with Gasteiger partial charge in [0, 0.05) is 12.4 Å². The van der Waals surface area contributed by atoms with Gasteiger partial charge in [0.05, 0.1) is 5.57 Å². The standard InChI is InChI=1S/C14H11NO2/c16-13(17)12-7-4-10-15-9-3-6-11-5-1-2-8-14(11,12)15/h1-10H,(H,16,17). The Morgan fingerprint density at radius 1 is 1.12 bits per heavy atom. The zero-order chi connectivity index (χ0) is 11.9. The van der Waals surface area contributed by atoms with Crippen molar-refractivity contribution in [3.05, 3.63) is 72.2 Å². The lowest BCUT2D eigenvalue weighted by Crippen LogP contribution is -2.49. The monoisotopic (exact) mass is 225 g/mol. The third-order valence-corrected chi connectivity index (χ3v) is 3.24. The number of hydrogen-bond acceptors (Lipinski definition) is 2. The SMILES string of the molecule is O=C(O)C1=CC=CN2C=CC=C3C=CC=CC312. The van der Waals surface area contributed by atoms with Crippen LogP contribution in [0.1, 0.15) is 0 Å². The molecule has 1 unspecified atom stereocenters. The number of carboxylic acid groups (broad SMARTS) is 1. The zero-order valence-corrected chi connectivity index (χ0v) is 9.08. The molecule has 0 fully saturated rings. The van der Waals surface area contributed by atoms with Crippen LogP contribution in [0.4, 0.5) is 0 Å². The summed E-state index contributed by atoms with van der Waals surface area (Å²) < 4.78 is 0. The van der Waals surface area contributed by atoms with E-state index in [-0.39, 0.29) is 0 Å². The van der Waals surface area contributed by atoms with Gasteiger partial charge < -0.3 is 10.0 Å². The highest BCUT2D eigenvalue weighted by molar-refractivity contribution is 5.93. The van der Waals surface area contributed by atoms with Crippen LogP contribution < -0.4 is 0 Å². The summed E-state index contributed by atoms with van der Waals surface area (Å²) in [6.07, 6.45) is 18.8. The van der Waals surface area contributed by atoms with Crippen molar-refractivity contribution in [1.82, 2.24) is 4.90 Å². The summed E-state index contributed by atoms with van der Waals surface area (Å²) in [5.74, 6) is -0.888. The largest absolute Gasteiger partial charge is 0.478 e. The molecule has 3 heteroatoms. The van der Waals surface area contributed by atoms with Crippen LogP contribution in [0.5, 0.6) is 0 Å². The van der Waals surface area contributed by atoms with E-state index in [0.717, 1.165) is 5.57 Å². The molecule has 17 heavy (non-hydrogen) atoms. The molecule has 84 valence electrons. The van der Waals surface area contributed by atoms with Gasteiger partial charge in [-0.15, -0.1) is 0 Å². The van der Waals surface area contributed by atoms with Crippen molar-refractivity contribution in [3.8, 4) is 0 Å². The van der Waals surface area contributed by atoms with Gasteiger partial charge >= 0.3 is 5.97 Å².